The van der Waals surface area contributed by atoms with Gasteiger partial charge in [-0.15, -0.1) is 0 Å². The minimum absolute atomic E-state index is 0.0672. The molecule has 3 atom stereocenters. The Morgan fingerprint density at radius 2 is 2.37 bits per heavy atom. The molecule has 8 nitrogen and oxygen atoms in total. The van der Waals surface area contributed by atoms with Crippen molar-refractivity contribution in [3.63, 3.8) is 0 Å². The van der Waals surface area contributed by atoms with E-state index in [4.69, 9.17) is 14.6 Å². The molecule has 0 aliphatic carbocycles. The molecule has 0 aromatic carbocycles. The molecule has 0 spiro atoms. The summed E-state index contributed by atoms with van der Waals surface area (Å²) < 4.78 is 11.7. The highest BCUT2D eigenvalue weighted by atomic mass is 16.6. The van der Waals surface area contributed by atoms with Gasteiger partial charge in [0.2, 0.25) is 0 Å². The Morgan fingerprint density at radius 3 is 2.95 bits per heavy atom. The van der Waals surface area contributed by atoms with Crippen LogP contribution in [0.3, 0.4) is 0 Å². The van der Waals surface area contributed by atoms with E-state index in [1.165, 1.54) is 19.4 Å². The maximum absolute atomic E-state index is 11.7. The predicted octanol–water partition coefficient (Wildman–Crippen LogP) is -1.81. The van der Waals surface area contributed by atoms with Gasteiger partial charge in [-0.2, -0.15) is 0 Å². The fourth-order valence-corrected chi connectivity index (χ4v) is 2.26. The van der Waals surface area contributed by atoms with E-state index < -0.39 is 29.2 Å². The molecule has 2 heterocycles. The molecule has 1 fully saturated rings. The van der Waals surface area contributed by atoms with Crippen molar-refractivity contribution in [1.29, 1.82) is 0 Å². The van der Waals surface area contributed by atoms with Gasteiger partial charge in [0.1, 0.15) is 11.7 Å². The van der Waals surface area contributed by atoms with Gasteiger partial charge in [-0.1, -0.05) is 0 Å². The van der Waals surface area contributed by atoms with Gasteiger partial charge in [0, 0.05) is 32.4 Å². The van der Waals surface area contributed by atoms with Crippen LogP contribution in [0.25, 0.3) is 0 Å². The summed E-state index contributed by atoms with van der Waals surface area (Å²) in [7, 11) is 1.38. The van der Waals surface area contributed by atoms with Gasteiger partial charge < -0.3 is 19.7 Å². The number of H-pyrrole nitrogens is 1. The van der Waals surface area contributed by atoms with E-state index in [0.717, 1.165) is 4.57 Å². The van der Waals surface area contributed by atoms with E-state index in [-0.39, 0.29) is 19.6 Å². The molecule has 1 aromatic rings. The van der Waals surface area contributed by atoms with Crippen molar-refractivity contribution in [1.82, 2.24) is 9.55 Å². The van der Waals surface area contributed by atoms with Crippen molar-refractivity contribution < 1.29 is 19.7 Å². The quantitative estimate of drug-likeness (QED) is 0.595. The summed E-state index contributed by atoms with van der Waals surface area (Å²) in [5, 5.41) is 19.3. The molecule has 0 bridgehead atoms. The highest BCUT2D eigenvalue weighted by Crippen LogP contribution is 2.35. The maximum Gasteiger partial charge on any atom is 0.330 e. The lowest BCUT2D eigenvalue weighted by Crippen LogP contribution is -2.46. The van der Waals surface area contributed by atoms with Crippen LogP contribution in [0.2, 0.25) is 0 Å². The van der Waals surface area contributed by atoms with E-state index in [0.29, 0.717) is 0 Å². The molecule has 1 saturated heterocycles. The van der Waals surface area contributed by atoms with E-state index in [2.05, 4.69) is 4.98 Å². The zero-order valence-electron chi connectivity index (χ0n) is 10.4. The van der Waals surface area contributed by atoms with Crippen molar-refractivity contribution in [2.24, 2.45) is 0 Å². The van der Waals surface area contributed by atoms with Crippen LogP contribution in [0.5, 0.6) is 0 Å². The first-order valence-electron chi connectivity index (χ1n) is 5.81. The number of hydrogen-bond donors (Lipinski definition) is 3. The molecule has 1 aliphatic heterocycles. The molecule has 0 radical (unpaired) electrons. The van der Waals surface area contributed by atoms with Crippen molar-refractivity contribution >= 4 is 0 Å². The van der Waals surface area contributed by atoms with E-state index in [1.54, 1.807) is 0 Å². The molecule has 1 aromatic heterocycles. The van der Waals surface area contributed by atoms with Crippen molar-refractivity contribution in [3.8, 4) is 0 Å². The zero-order valence-corrected chi connectivity index (χ0v) is 10.4. The Bertz CT molecular complexity index is 553. The maximum atomic E-state index is 11.7. The van der Waals surface area contributed by atoms with Gasteiger partial charge in [0.05, 0.1) is 6.61 Å². The minimum atomic E-state index is -1.37. The second kappa shape index (κ2) is 5.25. The number of aliphatic hydroxyl groups is 2. The highest BCUT2D eigenvalue weighted by molar-refractivity contribution is 4.98. The monoisotopic (exact) mass is 272 g/mol. The highest BCUT2D eigenvalue weighted by Gasteiger charge is 2.49. The lowest BCUT2D eigenvalue weighted by Gasteiger charge is -2.28. The molecule has 106 valence electrons. The zero-order chi connectivity index (χ0) is 14.0. The van der Waals surface area contributed by atoms with Crippen molar-refractivity contribution in [3.05, 3.63) is 33.1 Å². The number of aromatic amines is 1. The number of hydrogen-bond acceptors (Lipinski definition) is 6. The molecule has 2 rings (SSSR count). The molecule has 2 unspecified atom stereocenters. The van der Waals surface area contributed by atoms with Crippen molar-refractivity contribution in [2.75, 3.05) is 20.3 Å². The normalized spacial score (nSPS) is 30.7. The number of aliphatic hydroxyl groups excluding tert-OH is 1. The predicted molar refractivity (Wildman–Crippen MR) is 63.8 cm³/mol. The first-order valence-corrected chi connectivity index (χ1v) is 5.81. The topological polar surface area (TPSA) is 114 Å². The van der Waals surface area contributed by atoms with Crippen LogP contribution in [0.4, 0.5) is 0 Å². The van der Waals surface area contributed by atoms with Gasteiger partial charge in [0.15, 0.2) is 6.23 Å². The standard InChI is InChI=1S/C11H16N2O6/c1-18-8-9(19-6-11(8,17)3-5-14)13-4-2-7(15)12-10(13)16/h2,4,8-9,14,17H,3,5-6H2,1H3,(H,12,15,16)/t8?,9-,11?/m1/s1. The van der Waals surface area contributed by atoms with Gasteiger partial charge >= 0.3 is 5.69 Å². The fourth-order valence-electron chi connectivity index (χ4n) is 2.26. The average Bonchev–Trinajstić information content (AvgIpc) is 2.66. The van der Waals surface area contributed by atoms with Crippen LogP contribution in [0, 0.1) is 0 Å². The summed E-state index contributed by atoms with van der Waals surface area (Å²) in [4.78, 5) is 24.8. The Balaban J connectivity index is 2.35. The van der Waals surface area contributed by atoms with Gasteiger partial charge in [0.25, 0.3) is 5.56 Å². The molecule has 0 saturated carbocycles. The molecule has 8 heteroatoms. The summed E-state index contributed by atoms with van der Waals surface area (Å²) in [5.74, 6) is 0. The number of methoxy groups -OCH3 is 1. The third kappa shape index (κ3) is 2.47. The first-order chi connectivity index (χ1) is 9.01. The lowest BCUT2D eigenvalue weighted by atomic mass is 9.95. The van der Waals surface area contributed by atoms with Crippen molar-refractivity contribution in [2.45, 2.75) is 24.4 Å². The number of aromatic nitrogens is 2. The Kier molecular flexibility index (Phi) is 3.85. The lowest BCUT2D eigenvalue weighted by molar-refractivity contribution is -0.0927. The first kappa shape index (κ1) is 13.9. The van der Waals surface area contributed by atoms with E-state index in [1.807, 2.05) is 0 Å². The fraction of sp³-hybridized carbons (Fsp3) is 0.636. The Labute approximate surface area is 108 Å². The molecular weight excluding hydrogens is 256 g/mol. The third-order valence-electron chi connectivity index (χ3n) is 3.22. The summed E-state index contributed by atoms with van der Waals surface area (Å²) in [6.07, 6.45) is -0.322. The smallest absolute Gasteiger partial charge is 0.330 e. The SMILES string of the molecule is COC1[C@H](n2ccc(=O)[nH]c2=O)OCC1(O)CCO. The number of nitrogens with one attached hydrogen (secondary N) is 1. The van der Waals surface area contributed by atoms with Crippen LogP contribution in [-0.2, 0) is 9.47 Å². The Hall–Kier alpha value is -1.48. The molecule has 1 aliphatic rings. The van der Waals surface area contributed by atoms with Gasteiger partial charge in [-0.25, -0.2) is 4.79 Å². The summed E-state index contributed by atoms with van der Waals surface area (Å²) in [6.45, 7) is -0.296. The average molecular weight is 272 g/mol. The van der Waals surface area contributed by atoms with Crippen LogP contribution < -0.4 is 11.2 Å². The summed E-state index contributed by atoms with van der Waals surface area (Å²) in [5.41, 5.74) is -2.53. The summed E-state index contributed by atoms with van der Waals surface area (Å²) >= 11 is 0. The minimum Gasteiger partial charge on any atom is -0.396 e. The van der Waals surface area contributed by atoms with Gasteiger partial charge in [-0.05, 0) is 0 Å². The van der Waals surface area contributed by atoms with Crippen LogP contribution in [0.1, 0.15) is 12.6 Å². The third-order valence-corrected chi connectivity index (χ3v) is 3.22. The Morgan fingerprint density at radius 1 is 1.63 bits per heavy atom. The van der Waals surface area contributed by atoms with E-state index in [9.17, 15) is 14.7 Å². The molecular formula is C11H16N2O6. The number of ether oxygens (including phenoxy) is 2. The summed E-state index contributed by atoms with van der Waals surface area (Å²) in [6, 6.07) is 1.18. The molecule has 19 heavy (non-hydrogen) atoms. The van der Waals surface area contributed by atoms with E-state index >= 15 is 0 Å². The van der Waals surface area contributed by atoms with Gasteiger partial charge in [-0.3, -0.25) is 14.3 Å². The molecule has 3 N–H and O–H groups in total. The molecule has 0 amide bonds. The largest absolute Gasteiger partial charge is 0.396 e. The second-order valence-electron chi connectivity index (χ2n) is 4.45. The van der Waals surface area contributed by atoms with Crippen LogP contribution >= 0.6 is 0 Å². The van der Waals surface area contributed by atoms with Crippen LogP contribution in [-0.4, -0.2) is 51.8 Å². The second-order valence-corrected chi connectivity index (χ2v) is 4.45. The van der Waals surface area contributed by atoms with Crippen LogP contribution in [0.15, 0.2) is 21.9 Å². The number of nitrogens with zero attached hydrogens (tertiary/aromatic N) is 1. The number of rotatable bonds is 4.